The predicted molar refractivity (Wildman–Crippen MR) is 84.1 cm³/mol. The highest BCUT2D eigenvalue weighted by Gasteiger charge is 2.09. The van der Waals surface area contributed by atoms with Gasteiger partial charge >= 0.3 is 0 Å². The summed E-state index contributed by atoms with van der Waals surface area (Å²) in [5.74, 6) is 0.998. The molecule has 0 amide bonds. The number of benzene rings is 1. The Morgan fingerprint density at radius 2 is 2.00 bits per heavy atom. The van der Waals surface area contributed by atoms with Crippen molar-refractivity contribution in [2.45, 2.75) is 33.9 Å². The number of nitrogens with zero attached hydrogens (tertiary/aromatic N) is 1. The molecule has 1 aromatic carbocycles. The van der Waals surface area contributed by atoms with Gasteiger partial charge in [-0.1, -0.05) is 19.1 Å². The van der Waals surface area contributed by atoms with Gasteiger partial charge in [-0.05, 0) is 43.7 Å². The average molecular weight is 272 g/mol. The van der Waals surface area contributed by atoms with Crippen LogP contribution in [0.25, 0.3) is 0 Å². The Morgan fingerprint density at radius 1 is 1.20 bits per heavy atom. The maximum absolute atomic E-state index is 5.36. The van der Waals surface area contributed by atoms with Crippen LogP contribution in [0.4, 0.5) is 5.69 Å². The first-order valence-electron chi connectivity index (χ1n) is 7.16. The first kappa shape index (κ1) is 14.7. The van der Waals surface area contributed by atoms with E-state index in [1.807, 2.05) is 13.0 Å². The first-order valence-corrected chi connectivity index (χ1v) is 7.16. The number of rotatable bonds is 6. The topological polar surface area (TPSA) is 28.4 Å². The number of anilines is 1. The van der Waals surface area contributed by atoms with Crippen molar-refractivity contribution in [3.63, 3.8) is 0 Å². The van der Waals surface area contributed by atoms with Gasteiger partial charge in [0.1, 0.15) is 5.76 Å². The van der Waals surface area contributed by atoms with Gasteiger partial charge < -0.3 is 14.6 Å². The van der Waals surface area contributed by atoms with E-state index in [1.54, 1.807) is 6.26 Å². The second-order valence-electron chi connectivity index (χ2n) is 5.26. The van der Waals surface area contributed by atoms with E-state index in [9.17, 15) is 0 Å². The summed E-state index contributed by atoms with van der Waals surface area (Å²) in [6.45, 7) is 9.11. The van der Waals surface area contributed by atoms with Gasteiger partial charge in [-0.25, -0.2) is 0 Å². The van der Waals surface area contributed by atoms with E-state index in [4.69, 9.17) is 4.42 Å². The molecule has 3 heteroatoms. The van der Waals surface area contributed by atoms with E-state index < -0.39 is 0 Å². The fourth-order valence-electron chi connectivity index (χ4n) is 2.44. The molecule has 2 aromatic rings. The fraction of sp³-hybridized carbons (Fsp3) is 0.412. The normalized spacial score (nSPS) is 10.8. The van der Waals surface area contributed by atoms with Crippen LogP contribution in [0.1, 0.15) is 29.4 Å². The van der Waals surface area contributed by atoms with Gasteiger partial charge in [0.15, 0.2) is 0 Å². The minimum atomic E-state index is 0.871. The fourth-order valence-corrected chi connectivity index (χ4v) is 2.44. The molecule has 20 heavy (non-hydrogen) atoms. The van der Waals surface area contributed by atoms with Crippen molar-refractivity contribution in [3.8, 4) is 0 Å². The molecule has 108 valence electrons. The zero-order valence-electron chi connectivity index (χ0n) is 12.9. The quantitative estimate of drug-likeness (QED) is 0.870. The number of aryl methyl sites for hydroxylation is 2. The van der Waals surface area contributed by atoms with Gasteiger partial charge in [-0.3, -0.25) is 0 Å². The van der Waals surface area contributed by atoms with Gasteiger partial charge in [-0.15, -0.1) is 0 Å². The van der Waals surface area contributed by atoms with Gasteiger partial charge in [0.25, 0.3) is 0 Å². The van der Waals surface area contributed by atoms with Crippen molar-refractivity contribution in [2.24, 2.45) is 0 Å². The van der Waals surface area contributed by atoms with Crippen LogP contribution in [0.5, 0.6) is 0 Å². The summed E-state index contributed by atoms with van der Waals surface area (Å²) in [6, 6.07) is 8.71. The lowest BCUT2D eigenvalue weighted by molar-refractivity contribution is 0.529. The number of hydrogen-bond acceptors (Lipinski definition) is 3. The monoisotopic (exact) mass is 272 g/mol. The minimum Gasteiger partial charge on any atom is -0.469 e. The summed E-state index contributed by atoms with van der Waals surface area (Å²) < 4.78 is 5.36. The third-order valence-corrected chi connectivity index (χ3v) is 3.63. The third kappa shape index (κ3) is 3.42. The maximum atomic E-state index is 5.36. The molecular weight excluding hydrogens is 248 g/mol. The van der Waals surface area contributed by atoms with Gasteiger partial charge in [0, 0.05) is 31.4 Å². The highest BCUT2D eigenvalue weighted by atomic mass is 16.3. The largest absolute Gasteiger partial charge is 0.469 e. The van der Waals surface area contributed by atoms with Crippen LogP contribution in [-0.4, -0.2) is 13.6 Å². The number of nitrogens with one attached hydrogen (secondary N) is 1. The van der Waals surface area contributed by atoms with Crippen LogP contribution < -0.4 is 10.2 Å². The lowest BCUT2D eigenvalue weighted by atomic mass is 10.1. The summed E-state index contributed by atoms with van der Waals surface area (Å²) in [5.41, 5.74) is 5.15. The molecule has 0 aliphatic rings. The summed E-state index contributed by atoms with van der Waals surface area (Å²) in [6.07, 6.45) is 1.75. The second kappa shape index (κ2) is 6.62. The SMILES string of the molecule is CCNCc1ccc(N(C)Cc2ccoc2C)c(C)c1. The Bertz CT molecular complexity index is 560. The van der Waals surface area contributed by atoms with Crippen LogP contribution in [0.2, 0.25) is 0 Å². The van der Waals surface area contributed by atoms with Gasteiger partial charge in [0.05, 0.1) is 6.26 Å². The van der Waals surface area contributed by atoms with E-state index in [2.05, 4.69) is 49.3 Å². The maximum Gasteiger partial charge on any atom is 0.105 e. The highest BCUT2D eigenvalue weighted by Crippen LogP contribution is 2.23. The van der Waals surface area contributed by atoms with E-state index in [0.29, 0.717) is 0 Å². The zero-order chi connectivity index (χ0) is 14.5. The lowest BCUT2D eigenvalue weighted by Crippen LogP contribution is -2.18. The molecular formula is C17H24N2O. The standard InChI is InChI=1S/C17H24N2O/c1-5-18-11-15-6-7-17(13(2)10-15)19(4)12-16-8-9-20-14(16)3/h6-10,18H,5,11-12H2,1-4H3. The van der Waals surface area contributed by atoms with Crippen molar-refractivity contribution < 1.29 is 4.42 Å². The first-order chi connectivity index (χ1) is 9.61. The molecule has 1 N–H and O–H groups in total. The van der Waals surface area contributed by atoms with Gasteiger partial charge in [0.2, 0.25) is 0 Å². The zero-order valence-corrected chi connectivity index (χ0v) is 12.9. The van der Waals surface area contributed by atoms with Crippen molar-refractivity contribution in [2.75, 3.05) is 18.5 Å². The van der Waals surface area contributed by atoms with E-state index in [0.717, 1.165) is 25.4 Å². The van der Waals surface area contributed by atoms with Crippen molar-refractivity contribution in [3.05, 3.63) is 53.0 Å². The molecule has 0 unspecified atom stereocenters. The Hall–Kier alpha value is -1.74. The smallest absolute Gasteiger partial charge is 0.105 e. The summed E-state index contributed by atoms with van der Waals surface area (Å²) >= 11 is 0. The molecule has 0 aliphatic heterocycles. The van der Waals surface area contributed by atoms with Crippen LogP contribution >= 0.6 is 0 Å². The molecule has 0 radical (unpaired) electrons. The van der Waals surface area contributed by atoms with Crippen LogP contribution in [-0.2, 0) is 13.1 Å². The molecule has 0 atom stereocenters. The molecule has 0 bridgehead atoms. The Kier molecular flexibility index (Phi) is 4.85. The lowest BCUT2D eigenvalue weighted by Gasteiger charge is -2.22. The van der Waals surface area contributed by atoms with Crippen molar-refractivity contribution >= 4 is 5.69 Å². The van der Waals surface area contributed by atoms with E-state index in [-0.39, 0.29) is 0 Å². The van der Waals surface area contributed by atoms with E-state index >= 15 is 0 Å². The summed E-state index contributed by atoms with van der Waals surface area (Å²) in [7, 11) is 2.12. The molecule has 0 saturated carbocycles. The number of furan rings is 1. The Balaban J connectivity index is 2.10. The summed E-state index contributed by atoms with van der Waals surface area (Å²) in [4.78, 5) is 2.27. The molecule has 2 rings (SSSR count). The number of hydrogen-bond donors (Lipinski definition) is 1. The molecule has 0 aliphatic carbocycles. The molecule has 1 aromatic heterocycles. The van der Waals surface area contributed by atoms with Crippen molar-refractivity contribution in [1.82, 2.24) is 5.32 Å². The van der Waals surface area contributed by atoms with Crippen LogP contribution in [0.3, 0.4) is 0 Å². The highest BCUT2D eigenvalue weighted by molar-refractivity contribution is 5.54. The average Bonchev–Trinajstić information content (AvgIpc) is 2.82. The molecule has 3 nitrogen and oxygen atoms in total. The third-order valence-electron chi connectivity index (χ3n) is 3.63. The van der Waals surface area contributed by atoms with Crippen molar-refractivity contribution in [1.29, 1.82) is 0 Å². The minimum absolute atomic E-state index is 0.871. The van der Waals surface area contributed by atoms with Crippen LogP contribution in [0.15, 0.2) is 34.9 Å². The van der Waals surface area contributed by atoms with Crippen LogP contribution in [0, 0.1) is 13.8 Å². The summed E-state index contributed by atoms with van der Waals surface area (Å²) in [5, 5.41) is 3.36. The van der Waals surface area contributed by atoms with E-state index in [1.165, 1.54) is 22.4 Å². The Labute approximate surface area is 121 Å². The molecule has 0 saturated heterocycles. The Morgan fingerprint density at radius 3 is 2.60 bits per heavy atom. The van der Waals surface area contributed by atoms with Gasteiger partial charge in [-0.2, -0.15) is 0 Å². The molecule has 0 spiro atoms. The molecule has 1 heterocycles. The predicted octanol–water partition coefficient (Wildman–Crippen LogP) is 3.64. The second-order valence-corrected chi connectivity index (χ2v) is 5.26. The molecule has 0 fully saturated rings.